The van der Waals surface area contributed by atoms with Crippen LogP contribution in [0.5, 0.6) is 0 Å². The van der Waals surface area contributed by atoms with Gasteiger partial charge in [0.2, 0.25) is 0 Å². The van der Waals surface area contributed by atoms with E-state index >= 15 is 0 Å². The molecular weight excluding hydrogens is 156 g/mol. The van der Waals surface area contributed by atoms with Gasteiger partial charge in [0.1, 0.15) is 0 Å². The Morgan fingerprint density at radius 3 is 2.33 bits per heavy atom. The van der Waals surface area contributed by atoms with Crippen molar-refractivity contribution < 1.29 is 9.53 Å². The van der Waals surface area contributed by atoms with Gasteiger partial charge in [-0.15, -0.1) is 0 Å². The quantitative estimate of drug-likeness (QED) is 0.586. The average Bonchev–Trinajstić information content (AvgIpc) is 2.05. The Kier molecular flexibility index (Phi) is 3.79. The number of rotatable bonds is 3. The summed E-state index contributed by atoms with van der Waals surface area (Å²) in [6.45, 7) is 3.35. The fourth-order valence-electron chi connectivity index (χ4n) is 0.605. The van der Waals surface area contributed by atoms with Crippen molar-refractivity contribution in [1.82, 2.24) is 0 Å². The first-order valence-electron chi connectivity index (χ1n) is 3.56. The van der Waals surface area contributed by atoms with Crippen LogP contribution >= 0.6 is 0 Å². The van der Waals surface area contributed by atoms with Gasteiger partial charge in [-0.2, -0.15) is 10.5 Å². The predicted molar refractivity (Wildman–Crippen MR) is 40.6 cm³/mol. The van der Waals surface area contributed by atoms with Gasteiger partial charge < -0.3 is 4.74 Å². The molecule has 0 saturated carbocycles. The van der Waals surface area contributed by atoms with Crippen LogP contribution in [0.25, 0.3) is 0 Å². The molecule has 0 radical (unpaired) electrons. The van der Waals surface area contributed by atoms with E-state index < -0.39 is 11.4 Å². The van der Waals surface area contributed by atoms with Crippen molar-refractivity contribution in [2.24, 2.45) is 5.41 Å². The molecule has 0 aliphatic rings. The highest BCUT2D eigenvalue weighted by Crippen LogP contribution is 2.18. The zero-order valence-electron chi connectivity index (χ0n) is 7.13. The van der Waals surface area contributed by atoms with Crippen molar-refractivity contribution in [1.29, 1.82) is 10.5 Å². The zero-order valence-corrected chi connectivity index (χ0v) is 7.13. The van der Waals surface area contributed by atoms with E-state index in [4.69, 9.17) is 10.5 Å². The summed E-state index contributed by atoms with van der Waals surface area (Å²) in [6.07, 6.45) is -0.173. The predicted octanol–water partition coefficient (Wildman–Crippen LogP) is 0.993. The van der Waals surface area contributed by atoms with Gasteiger partial charge in [-0.25, -0.2) is 0 Å². The summed E-state index contributed by atoms with van der Waals surface area (Å²) in [6, 6.07) is 3.51. The maximum atomic E-state index is 10.9. The van der Waals surface area contributed by atoms with Gasteiger partial charge in [0.15, 0.2) is 5.41 Å². The third-order valence-corrected chi connectivity index (χ3v) is 1.30. The normalized spacial score (nSPS) is 9.67. The van der Waals surface area contributed by atoms with Crippen LogP contribution in [0.4, 0.5) is 0 Å². The lowest BCUT2D eigenvalue weighted by atomic mass is 9.91. The van der Waals surface area contributed by atoms with Crippen molar-refractivity contribution >= 4 is 5.97 Å². The van der Waals surface area contributed by atoms with Crippen LogP contribution in [0.2, 0.25) is 0 Å². The number of nitrogens with zero attached hydrogens (tertiary/aromatic N) is 2. The van der Waals surface area contributed by atoms with Crippen LogP contribution in [-0.4, -0.2) is 12.6 Å². The van der Waals surface area contributed by atoms with E-state index in [1.807, 2.05) is 0 Å². The summed E-state index contributed by atoms with van der Waals surface area (Å²) in [5.74, 6) is -0.511. The maximum Gasteiger partial charge on any atom is 0.308 e. The van der Waals surface area contributed by atoms with Gasteiger partial charge >= 0.3 is 5.97 Å². The Morgan fingerprint density at radius 1 is 1.50 bits per heavy atom. The second-order valence-corrected chi connectivity index (χ2v) is 2.54. The molecular formula is C8H10N2O2. The molecule has 0 amide bonds. The summed E-state index contributed by atoms with van der Waals surface area (Å²) in [5, 5.41) is 17.0. The first-order chi connectivity index (χ1) is 5.58. The van der Waals surface area contributed by atoms with Gasteiger partial charge in [0.05, 0.1) is 25.2 Å². The second kappa shape index (κ2) is 4.35. The van der Waals surface area contributed by atoms with Gasteiger partial charge in [-0.1, -0.05) is 0 Å². The number of ether oxygens (including phenoxy) is 1. The summed E-state index contributed by atoms with van der Waals surface area (Å²) >= 11 is 0. The Bertz CT molecular complexity index is 233. The van der Waals surface area contributed by atoms with Gasteiger partial charge in [-0.05, 0) is 13.8 Å². The number of hydrogen-bond donors (Lipinski definition) is 0. The Hall–Kier alpha value is -1.55. The van der Waals surface area contributed by atoms with Crippen molar-refractivity contribution in [3.8, 4) is 12.1 Å². The number of nitriles is 2. The van der Waals surface area contributed by atoms with Crippen molar-refractivity contribution in [2.45, 2.75) is 20.3 Å². The van der Waals surface area contributed by atoms with Crippen LogP contribution in [0.15, 0.2) is 0 Å². The Balaban J connectivity index is 4.17. The molecule has 0 unspecified atom stereocenters. The maximum absolute atomic E-state index is 10.9. The molecule has 0 spiro atoms. The minimum absolute atomic E-state index is 0.173. The van der Waals surface area contributed by atoms with E-state index in [1.165, 1.54) is 6.92 Å². The molecule has 0 heterocycles. The molecule has 0 N–H and O–H groups in total. The molecule has 64 valence electrons. The SMILES string of the molecule is CCOC(=O)CC(C)(C#N)C#N. The van der Waals surface area contributed by atoms with Crippen LogP contribution in [0.3, 0.4) is 0 Å². The van der Waals surface area contributed by atoms with E-state index in [1.54, 1.807) is 19.1 Å². The van der Waals surface area contributed by atoms with Crippen LogP contribution in [0.1, 0.15) is 20.3 Å². The number of carbonyl (C=O) groups is 1. The third kappa shape index (κ3) is 3.03. The van der Waals surface area contributed by atoms with Gasteiger partial charge in [-0.3, -0.25) is 4.79 Å². The molecule has 0 aromatic carbocycles. The smallest absolute Gasteiger partial charge is 0.308 e. The Morgan fingerprint density at radius 2 is 2.00 bits per heavy atom. The molecule has 0 bridgehead atoms. The molecule has 4 heteroatoms. The minimum atomic E-state index is -1.26. The average molecular weight is 166 g/mol. The lowest BCUT2D eigenvalue weighted by molar-refractivity contribution is -0.144. The monoisotopic (exact) mass is 166 g/mol. The molecule has 0 rings (SSSR count). The first kappa shape index (κ1) is 10.4. The number of esters is 1. The molecule has 0 saturated heterocycles. The molecule has 0 aliphatic heterocycles. The van der Waals surface area contributed by atoms with Gasteiger partial charge in [0.25, 0.3) is 0 Å². The molecule has 0 aromatic rings. The number of carbonyl (C=O) groups excluding carboxylic acids is 1. The molecule has 0 aromatic heterocycles. The molecule has 12 heavy (non-hydrogen) atoms. The summed E-state index contributed by atoms with van der Waals surface area (Å²) in [7, 11) is 0. The molecule has 0 fully saturated rings. The Labute approximate surface area is 71.4 Å². The summed E-state index contributed by atoms with van der Waals surface area (Å²) in [4.78, 5) is 10.9. The topological polar surface area (TPSA) is 73.9 Å². The van der Waals surface area contributed by atoms with Crippen molar-refractivity contribution in [3.05, 3.63) is 0 Å². The highest BCUT2D eigenvalue weighted by atomic mass is 16.5. The molecule has 0 aliphatic carbocycles. The first-order valence-corrected chi connectivity index (χ1v) is 3.56. The van der Waals surface area contributed by atoms with E-state index in [0.717, 1.165) is 0 Å². The van der Waals surface area contributed by atoms with E-state index in [9.17, 15) is 4.79 Å². The fraction of sp³-hybridized carbons (Fsp3) is 0.625. The van der Waals surface area contributed by atoms with Crippen molar-refractivity contribution in [3.63, 3.8) is 0 Å². The fourth-order valence-corrected chi connectivity index (χ4v) is 0.605. The molecule has 4 nitrogen and oxygen atoms in total. The second-order valence-electron chi connectivity index (χ2n) is 2.54. The van der Waals surface area contributed by atoms with Crippen LogP contribution < -0.4 is 0 Å². The minimum Gasteiger partial charge on any atom is -0.466 e. The number of hydrogen-bond acceptors (Lipinski definition) is 4. The third-order valence-electron chi connectivity index (χ3n) is 1.30. The summed E-state index contributed by atoms with van der Waals surface area (Å²) in [5.41, 5.74) is -1.26. The largest absolute Gasteiger partial charge is 0.466 e. The molecule has 0 atom stereocenters. The summed E-state index contributed by atoms with van der Waals surface area (Å²) < 4.78 is 4.60. The van der Waals surface area contributed by atoms with E-state index in [-0.39, 0.29) is 13.0 Å². The highest BCUT2D eigenvalue weighted by molar-refractivity contribution is 5.71. The van der Waals surface area contributed by atoms with E-state index in [0.29, 0.717) is 0 Å². The standard InChI is InChI=1S/C8H10N2O2/c1-3-12-7(11)4-8(2,5-9)6-10/h3-4H2,1-2H3. The van der Waals surface area contributed by atoms with E-state index in [2.05, 4.69) is 4.74 Å². The highest BCUT2D eigenvalue weighted by Gasteiger charge is 2.27. The van der Waals surface area contributed by atoms with Crippen LogP contribution in [-0.2, 0) is 9.53 Å². The lowest BCUT2D eigenvalue weighted by Crippen LogP contribution is -2.18. The van der Waals surface area contributed by atoms with Crippen LogP contribution in [0, 0.1) is 28.1 Å². The van der Waals surface area contributed by atoms with Crippen molar-refractivity contribution in [2.75, 3.05) is 6.61 Å². The zero-order chi connectivity index (χ0) is 9.61. The van der Waals surface area contributed by atoms with Gasteiger partial charge in [0, 0.05) is 0 Å². The lowest BCUT2D eigenvalue weighted by Gasteiger charge is -2.09.